The molecule has 5 nitrogen and oxygen atoms in total. The lowest BCUT2D eigenvalue weighted by Gasteiger charge is -2.32. The van der Waals surface area contributed by atoms with Gasteiger partial charge in [-0.15, -0.1) is 11.3 Å². The van der Waals surface area contributed by atoms with Gasteiger partial charge in [0.25, 0.3) is 0 Å². The van der Waals surface area contributed by atoms with Gasteiger partial charge < -0.3 is 5.11 Å². The van der Waals surface area contributed by atoms with Crippen LogP contribution in [0.1, 0.15) is 16.7 Å². The second-order valence-corrected chi connectivity index (χ2v) is 8.34. The molecule has 1 saturated heterocycles. The third kappa shape index (κ3) is 4.16. The summed E-state index contributed by atoms with van der Waals surface area (Å²) in [5.74, 6) is -0.534. The molecule has 1 fully saturated rings. The molecule has 0 aromatic carbocycles. The van der Waals surface area contributed by atoms with Crippen molar-refractivity contribution in [3.63, 3.8) is 0 Å². The smallest absolute Gasteiger partial charge is 0.328 e. The highest BCUT2D eigenvalue weighted by Gasteiger charge is 2.28. The quantitative estimate of drug-likeness (QED) is 0.852. The maximum atomic E-state index is 11.5. The summed E-state index contributed by atoms with van der Waals surface area (Å²) in [6.45, 7) is 3.19. The van der Waals surface area contributed by atoms with Crippen molar-refractivity contribution in [2.75, 3.05) is 18.1 Å². The average molecular weight is 315 g/mol. The molecule has 0 spiro atoms. The van der Waals surface area contributed by atoms with Gasteiger partial charge in [-0.3, -0.25) is 4.90 Å². The highest BCUT2D eigenvalue weighted by molar-refractivity contribution is 7.91. The normalized spacial score (nSPS) is 23.1. The van der Waals surface area contributed by atoms with E-state index in [4.69, 9.17) is 5.11 Å². The number of carboxylic acid groups (broad SMARTS) is 1. The molecule has 2 rings (SSSR count). The average Bonchev–Trinajstić information content (AvgIpc) is 2.77. The van der Waals surface area contributed by atoms with Crippen LogP contribution in [-0.4, -0.2) is 48.5 Å². The minimum absolute atomic E-state index is 0.0221. The van der Waals surface area contributed by atoms with E-state index in [1.165, 1.54) is 11.3 Å². The van der Waals surface area contributed by atoms with Crippen molar-refractivity contribution >= 4 is 33.2 Å². The van der Waals surface area contributed by atoms with E-state index in [1.807, 2.05) is 19.1 Å². The van der Waals surface area contributed by atoms with E-state index in [2.05, 4.69) is 4.90 Å². The molecule has 0 radical (unpaired) electrons. The van der Waals surface area contributed by atoms with Gasteiger partial charge >= 0.3 is 5.97 Å². The van der Waals surface area contributed by atoms with E-state index in [-0.39, 0.29) is 17.5 Å². The molecule has 0 aliphatic carbocycles. The number of carboxylic acids is 1. The van der Waals surface area contributed by atoms with E-state index in [0.29, 0.717) is 13.1 Å². The standard InChI is InChI=1S/C13H17NO4S2/c1-10-9-20(17,18)7-6-14(10)8-12-3-2-11(19-12)4-5-13(15)16/h2-5,10H,6-9H2,1H3,(H,15,16)/b5-4+. The largest absolute Gasteiger partial charge is 0.478 e. The molecule has 1 atom stereocenters. The van der Waals surface area contributed by atoms with Crippen LogP contribution < -0.4 is 0 Å². The van der Waals surface area contributed by atoms with E-state index < -0.39 is 15.8 Å². The fourth-order valence-electron chi connectivity index (χ4n) is 2.19. The third-order valence-corrected chi connectivity index (χ3v) is 6.07. The topological polar surface area (TPSA) is 74.7 Å². The molecular formula is C13H17NO4S2. The van der Waals surface area contributed by atoms with Crippen LogP contribution in [-0.2, 0) is 21.2 Å². The fourth-order valence-corrected chi connectivity index (χ4v) is 4.76. The third-order valence-electron chi connectivity index (χ3n) is 3.24. The Kier molecular flexibility index (Phi) is 4.62. The maximum absolute atomic E-state index is 11.5. The van der Waals surface area contributed by atoms with E-state index in [0.717, 1.165) is 15.8 Å². The predicted octanol–water partition coefficient (Wildman–Crippen LogP) is 1.46. The van der Waals surface area contributed by atoms with Crippen molar-refractivity contribution in [2.24, 2.45) is 0 Å². The SMILES string of the molecule is CC1CS(=O)(=O)CCN1Cc1ccc(/C=C/C(=O)O)s1. The van der Waals surface area contributed by atoms with Crippen LogP contribution in [0.25, 0.3) is 6.08 Å². The number of aliphatic carboxylic acids is 1. The van der Waals surface area contributed by atoms with Gasteiger partial charge in [0.15, 0.2) is 9.84 Å². The molecule has 0 amide bonds. The Hall–Kier alpha value is -1.18. The Morgan fingerprint density at radius 2 is 2.30 bits per heavy atom. The molecule has 0 saturated carbocycles. The summed E-state index contributed by atoms with van der Waals surface area (Å²) in [5, 5.41) is 8.58. The van der Waals surface area contributed by atoms with Crippen molar-refractivity contribution < 1.29 is 18.3 Å². The summed E-state index contributed by atoms with van der Waals surface area (Å²) < 4.78 is 23.0. The summed E-state index contributed by atoms with van der Waals surface area (Å²) in [7, 11) is -2.88. The molecule has 1 aliphatic heterocycles. The summed E-state index contributed by atoms with van der Waals surface area (Å²) in [6, 6.07) is 3.86. The first-order chi connectivity index (χ1) is 9.35. The summed E-state index contributed by atoms with van der Waals surface area (Å²) in [6.07, 6.45) is 2.69. The first-order valence-electron chi connectivity index (χ1n) is 6.30. The van der Waals surface area contributed by atoms with Gasteiger partial charge in [0.1, 0.15) is 0 Å². The van der Waals surface area contributed by atoms with Crippen molar-refractivity contribution in [3.05, 3.63) is 28.0 Å². The molecule has 1 unspecified atom stereocenters. The molecule has 1 N–H and O–H groups in total. The number of rotatable bonds is 4. The maximum Gasteiger partial charge on any atom is 0.328 e. The van der Waals surface area contributed by atoms with Gasteiger partial charge in [0.2, 0.25) is 0 Å². The van der Waals surface area contributed by atoms with Crippen LogP contribution in [0.5, 0.6) is 0 Å². The van der Waals surface area contributed by atoms with Gasteiger partial charge in [0.05, 0.1) is 11.5 Å². The Morgan fingerprint density at radius 3 is 2.95 bits per heavy atom. The lowest BCUT2D eigenvalue weighted by Crippen LogP contribution is -2.46. The number of carbonyl (C=O) groups is 1. The Balaban J connectivity index is 1.99. The molecular weight excluding hydrogens is 298 g/mol. The zero-order valence-electron chi connectivity index (χ0n) is 11.2. The lowest BCUT2D eigenvalue weighted by atomic mass is 10.3. The Bertz CT molecular complexity index is 618. The molecule has 1 aliphatic rings. The zero-order valence-corrected chi connectivity index (χ0v) is 12.8. The van der Waals surface area contributed by atoms with Crippen LogP contribution in [0.3, 0.4) is 0 Å². The number of nitrogens with zero attached hydrogens (tertiary/aromatic N) is 1. The van der Waals surface area contributed by atoms with Gasteiger partial charge in [-0.1, -0.05) is 0 Å². The van der Waals surface area contributed by atoms with Crippen molar-refractivity contribution in [1.29, 1.82) is 0 Å². The van der Waals surface area contributed by atoms with Gasteiger partial charge in [0, 0.05) is 35.0 Å². The molecule has 2 heterocycles. The summed E-state index contributed by atoms with van der Waals surface area (Å²) >= 11 is 1.53. The van der Waals surface area contributed by atoms with Crippen LogP contribution in [0.4, 0.5) is 0 Å². The monoisotopic (exact) mass is 315 g/mol. The van der Waals surface area contributed by atoms with Crippen LogP contribution in [0.15, 0.2) is 18.2 Å². The van der Waals surface area contributed by atoms with Crippen LogP contribution in [0.2, 0.25) is 0 Å². The first kappa shape index (κ1) is 15.2. The number of hydrogen-bond acceptors (Lipinski definition) is 5. The molecule has 1 aromatic heterocycles. The first-order valence-corrected chi connectivity index (χ1v) is 8.94. The van der Waals surface area contributed by atoms with Gasteiger partial charge in [-0.25, -0.2) is 13.2 Å². The van der Waals surface area contributed by atoms with Crippen molar-refractivity contribution in [3.8, 4) is 0 Å². The van der Waals surface area contributed by atoms with E-state index in [9.17, 15) is 13.2 Å². The number of sulfone groups is 1. The fraction of sp³-hybridized carbons (Fsp3) is 0.462. The number of thiophene rings is 1. The zero-order chi connectivity index (χ0) is 14.8. The second-order valence-electron chi connectivity index (χ2n) is 4.91. The number of hydrogen-bond donors (Lipinski definition) is 1. The van der Waals surface area contributed by atoms with Gasteiger partial charge in [-0.2, -0.15) is 0 Å². The molecule has 1 aromatic rings. The predicted molar refractivity (Wildman–Crippen MR) is 79.5 cm³/mol. The second kappa shape index (κ2) is 6.07. The van der Waals surface area contributed by atoms with Crippen molar-refractivity contribution in [1.82, 2.24) is 4.90 Å². The molecule has 20 heavy (non-hydrogen) atoms. The Morgan fingerprint density at radius 1 is 1.55 bits per heavy atom. The molecule has 7 heteroatoms. The van der Waals surface area contributed by atoms with Crippen LogP contribution in [0, 0.1) is 0 Å². The Labute approximate surface area is 122 Å². The summed E-state index contributed by atoms with van der Waals surface area (Å²) in [4.78, 5) is 14.6. The highest BCUT2D eigenvalue weighted by atomic mass is 32.2. The van der Waals surface area contributed by atoms with Gasteiger partial charge in [-0.05, 0) is 25.1 Å². The van der Waals surface area contributed by atoms with E-state index >= 15 is 0 Å². The van der Waals surface area contributed by atoms with E-state index in [1.54, 1.807) is 6.08 Å². The molecule has 0 bridgehead atoms. The molecule has 110 valence electrons. The lowest BCUT2D eigenvalue weighted by molar-refractivity contribution is -0.131. The van der Waals surface area contributed by atoms with Crippen LogP contribution >= 0.6 is 11.3 Å². The van der Waals surface area contributed by atoms with Crippen molar-refractivity contribution in [2.45, 2.75) is 19.5 Å². The minimum atomic E-state index is -2.88. The summed E-state index contributed by atoms with van der Waals surface area (Å²) in [5.41, 5.74) is 0. The highest BCUT2D eigenvalue weighted by Crippen LogP contribution is 2.22. The minimum Gasteiger partial charge on any atom is -0.478 e.